The van der Waals surface area contributed by atoms with Gasteiger partial charge >= 0.3 is 12.1 Å². The number of hydrogen-bond donors (Lipinski definition) is 1. The molecule has 0 fully saturated rings. The molecule has 0 radical (unpaired) electrons. The summed E-state index contributed by atoms with van der Waals surface area (Å²) < 4.78 is 42.3. The first-order chi connectivity index (χ1) is 8.99. The van der Waals surface area contributed by atoms with Crippen molar-refractivity contribution >= 4 is 12.0 Å². The molecule has 0 aliphatic carbocycles. The van der Waals surface area contributed by atoms with Crippen LogP contribution in [-0.2, 0) is 15.7 Å². The van der Waals surface area contributed by atoms with Gasteiger partial charge in [0.1, 0.15) is 11.4 Å². The third-order valence-corrected chi connectivity index (χ3v) is 2.15. The highest BCUT2D eigenvalue weighted by molar-refractivity contribution is 5.87. The molecule has 3 nitrogen and oxygen atoms in total. The molecule has 0 amide bonds. The van der Waals surface area contributed by atoms with Gasteiger partial charge < -0.3 is 9.84 Å². The van der Waals surface area contributed by atoms with Crippen LogP contribution in [0.2, 0.25) is 0 Å². The zero-order valence-electron chi connectivity index (χ0n) is 11.3. The van der Waals surface area contributed by atoms with Gasteiger partial charge in [0.15, 0.2) is 0 Å². The smallest absolute Gasteiger partial charge is 0.419 e. The lowest BCUT2D eigenvalue weighted by molar-refractivity contribution is -0.148. The third-order valence-electron chi connectivity index (χ3n) is 2.15. The molecule has 0 heterocycles. The summed E-state index contributed by atoms with van der Waals surface area (Å²) in [5, 5.41) is 9.31. The average Bonchev–Trinajstić information content (AvgIpc) is 2.22. The number of ether oxygens (including phenoxy) is 1. The highest BCUT2D eigenvalue weighted by atomic mass is 19.4. The summed E-state index contributed by atoms with van der Waals surface area (Å²) in [6.07, 6.45) is -2.25. The lowest BCUT2D eigenvalue weighted by Gasteiger charge is -2.17. The van der Waals surface area contributed by atoms with Crippen LogP contribution in [0.4, 0.5) is 13.2 Å². The monoisotopic (exact) mass is 288 g/mol. The molecule has 0 unspecified atom stereocenters. The summed E-state index contributed by atoms with van der Waals surface area (Å²) in [4.78, 5) is 11.4. The summed E-state index contributed by atoms with van der Waals surface area (Å²) in [5.41, 5.74) is -1.50. The van der Waals surface area contributed by atoms with Crippen LogP contribution in [0.5, 0.6) is 5.75 Å². The fraction of sp³-hybridized carbons (Fsp3) is 0.357. The third kappa shape index (κ3) is 4.95. The number of halogens is 3. The van der Waals surface area contributed by atoms with Crippen LogP contribution >= 0.6 is 0 Å². The fourth-order valence-corrected chi connectivity index (χ4v) is 1.39. The first-order valence-corrected chi connectivity index (χ1v) is 5.80. The zero-order chi connectivity index (χ0) is 15.6. The molecule has 0 aliphatic rings. The van der Waals surface area contributed by atoms with E-state index in [0.717, 1.165) is 24.3 Å². The maximum atomic E-state index is 12.4. The van der Waals surface area contributed by atoms with Crippen molar-refractivity contribution in [3.05, 3.63) is 35.4 Å². The van der Waals surface area contributed by atoms with E-state index in [0.29, 0.717) is 0 Å². The van der Waals surface area contributed by atoms with Gasteiger partial charge in [-0.1, -0.05) is 6.07 Å². The van der Waals surface area contributed by atoms with Crippen LogP contribution in [-0.4, -0.2) is 16.7 Å². The van der Waals surface area contributed by atoms with Crippen molar-refractivity contribution in [3.63, 3.8) is 0 Å². The van der Waals surface area contributed by atoms with Crippen molar-refractivity contribution in [2.24, 2.45) is 0 Å². The Balaban J connectivity index is 2.85. The van der Waals surface area contributed by atoms with Crippen LogP contribution < -0.4 is 0 Å². The van der Waals surface area contributed by atoms with Gasteiger partial charge in [-0.25, -0.2) is 4.79 Å². The van der Waals surface area contributed by atoms with E-state index in [1.807, 2.05) is 0 Å². The second-order valence-corrected chi connectivity index (χ2v) is 5.14. The van der Waals surface area contributed by atoms with Gasteiger partial charge in [-0.05, 0) is 44.5 Å². The molecule has 0 spiro atoms. The maximum Gasteiger partial charge on any atom is 0.419 e. The maximum absolute atomic E-state index is 12.4. The molecule has 1 aromatic rings. The number of hydrogen-bond acceptors (Lipinski definition) is 3. The fourth-order valence-electron chi connectivity index (χ4n) is 1.39. The van der Waals surface area contributed by atoms with Gasteiger partial charge in [-0.15, -0.1) is 0 Å². The van der Waals surface area contributed by atoms with E-state index in [-0.39, 0.29) is 5.56 Å². The summed E-state index contributed by atoms with van der Waals surface area (Å²) in [5.74, 6) is -1.50. The number of phenolic OH excluding ortho intramolecular Hbond substituents is 1. The normalized spacial score (nSPS) is 12.7. The largest absolute Gasteiger partial charge is 0.507 e. The number of phenols is 1. The van der Waals surface area contributed by atoms with Crippen LogP contribution in [0.15, 0.2) is 24.3 Å². The molecular weight excluding hydrogens is 273 g/mol. The highest BCUT2D eigenvalue weighted by Crippen LogP contribution is 2.36. The number of rotatable bonds is 2. The van der Waals surface area contributed by atoms with Gasteiger partial charge in [-0.2, -0.15) is 13.2 Å². The second-order valence-electron chi connectivity index (χ2n) is 5.14. The lowest BCUT2D eigenvalue weighted by Crippen LogP contribution is -2.22. The lowest BCUT2D eigenvalue weighted by atomic mass is 10.1. The van der Waals surface area contributed by atoms with Gasteiger partial charge in [0.25, 0.3) is 0 Å². The average molecular weight is 288 g/mol. The van der Waals surface area contributed by atoms with Crippen LogP contribution in [0.1, 0.15) is 31.9 Å². The van der Waals surface area contributed by atoms with Crippen molar-refractivity contribution in [1.29, 1.82) is 0 Å². The van der Waals surface area contributed by atoms with Crippen molar-refractivity contribution < 1.29 is 27.8 Å². The molecule has 1 rings (SSSR count). The molecule has 1 aromatic carbocycles. The standard InChI is InChI=1S/C14H15F3O3/c1-13(2,3)20-12(19)7-5-9-4-6-10(11(18)8-9)14(15,16)17/h4-8,18H,1-3H3/b7-5+. The molecule has 0 saturated carbocycles. The van der Waals surface area contributed by atoms with E-state index in [2.05, 4.69) is 0 Å². The predicted octanol–water partition coefficient (Wildman–Crippen LogP) is 3.77. The van der Waals surface area contributed by atoms with Gasteiger partial charge in [0.05, 0.1) is 5.56 Å². The SMILES string of the molecule is CC(C)(C)OC(=O)/C=C/c1ccc(C(F)(F)F)c(O)c1. The van der Waals surface area contributed by atoms with E-state index in [1.54, 1.807) is 20.8 Å². The molecular formula is C14H15F3O3. The van der Waals surface area contributed by atoms with E-state index < -0.39 is 29.1 Å². The first kappa shape index (κ1) is 16.1. The van der Waals surface area contributed by atoms with Crippen molar-refractivity contribution in [2.45, 2.75) is 32.5 Å². The van der Waals surface area contributed by atoms with Crippen molar-refractivity contribution in [1.82, 2.24) is 0 Å². The van der Waals surface area contributed by atoms with Gasteiger partial charge in [-0.3, -0.25) is 0 Å². The number of carbonyl (C=O) groups is 1. The van der Waals surface area contributed by atoms with Crippen molar-refractivity contribution in [2.75, 3.05) is 0 Å². The second kappa shape index (κ2) is 5.56. The molecule has 0 aromatic heterocycles. The minimum Gasteiger partial charge on any atom is -0.507 e. The minimum atomic E-state index is -4.61. The Kier molecular flexibility index (Phi) is 4.47. The Hall–Kier alpha value is -1.98. The zero-order valence-corrected chi connectivity index (χ0v) is 11.3. The number of aromatic hydroxyl groups is 1. The topological polar surface area (TPSA) is 46.5 Å². The Morgan fingerprint density at radius 1 is 1.25 bits per heavy atom. The molecule has 0 bridgehead atoms. The Morgan fingerprint density at radius 2 is 1.85 bits per heavy atom. The molecule has 0 atom stereocenters. The van der Waals surface area contributed by atoms with E-state index in [9.17, 15) is 23.1 Å². The molecule has 110 valence electrons. The minimum absolute atomic E-state index is 0.265. The van der Waals surface area contributed by atoms with Crippen LogP contribution in [0.25, 0.3) is 6.08 Å². The quantitative estimate of drug-likeness (QED) is 0.665. The summed E-state index contributed by atoms with van der Waals surface area (Å²) in [6.45, 7) is 5.09. The summed E-state index contributed by atoms with van der Waals surface area (Å²) in [7, 11) is 0. The van der Waals surface area contributed by atoms with E-state index in [4.69, 9.17) is 4.74 Å². The van der Waals surface area contributed by atoms with E-state index in [1.165, 1.54) is 6.08 Å². The number of benzene rings is 1. The molecule has 20 heavy (non-hydrogen) atoms. The molecule has 0 saturated heterocycles. The van der Waals surface area contributed by atoms with Crippen molar-refractivity contribution in [3.8, 4) is 5.75 Å². The highest BCUT2D eigenvalue weighted by Gasteiger charge is 2.33. The van der Waals surface area contributed by atoms with Gasteiger partial charge in [0.2, 0.25) is 0 Å². The molecule has 0 aliphatic heterocycles. The number of alkyl halides is 3. The van der Waals surface area contributed by atoms with Gasteiger partial charge in [0, 0.05) is 6.08 Å². The molecule has 6 heteroatoms. The van der Waals surface area contributed by atoms with E-state index >= 15 is 0 Å². The Bertz CT molecular complexity index is 525. The number of esters is 1. The predicted molar refractivity (Wildman–Crippen MR) is 68.0 cm³/mol. The summed E-state index contributed by atoms with van der Waals surface area (Å²) in [6, 6.07) is 2.84. The van der Waals surface area contributed by atoms with Crippen LogP contribution in [0.3, 0.4) is 0 Å². The van der Waals surface area contributed by atoms with Crippen LogP contribution in [0, 0.1) is 0 Å². The summed E-state index contributed by atoms with van der Waals surface area (Å²) >= 11 is 0. The molecule has 1 N–H and O–H groups in total. The first-order valence-electron chi connectivity index (χ1n) is 5.80. The Morgan fingerprint density at radius 3 is 2.30 bits per heavy atom. The number of carbonyl (C=O) groups excluding carboxylic acids is 1. The Labute approximate surface area is 114 Å².